The lowest BCUT2D eigenvalue weighted by Crippen LogP contribution is -2.27. The highest BCUT2D eigenvalue weighted by Crippen LogP contribution is 2.39. The molecule has 2 aromatic carbocycles. The number of nitro groups is 2. The smallest absolute Gasteiger partial charge is 0.344 e. The van der Waals surface area contributed by atoms with E-state index in [1.54, 1.807) is 26.8 Å². The molecule has 0 unspecified atom stereocenters. The maximum atomic E-state index is 11.5. The molecule has 0 aliphatic carbocycles. The van der Waals surface area contributed by atoms with Crippen molar-refractivity contribution in [2.24, 2.45) is 0 Å². The zero-order valence-electron chi connectivity index (χ0n) is 18.6. The van der Waals surface area contributed by atoms with Gasteiger partial charge in [0.05, 0.1) is 9.85 Å². The number of fused-ring (bicyclic) bond motifs is 1. The van der Waals surface area contributed by atoms with Crippen LogP contribution >= 0.6 is 31.9 Å². The van der Waals surface area contributed by atoms with Gasteiger partial charge < -0.3 is 25.3 Å². The van der Waals surface area contributed by atoms with Crippen molar-refractivity contribution in [2.75, 3.05) is 24.3 Å². The molecular weight excluding hydrogens is 600 g/mol. The van der Waals surface area contributed by atoms with Crippen LogP contribution < -0.4 is 20.5 Å². The van der Waals surface area contributed by atoms with E-state index in [0.29, 0.717) is 14.7 Å². The number of rotatable bonds is 5. The van der Waals surface area contributed by atoms with Crippen LogP contribution in [-0.2, 0) is 14.3 Å². The minimum atomic E-state index is -0.630. The van der Waals surface area contributed by atoms with Crippen molar-refractivity contribution in [1.82, 2.24) is 0 Å². The monoisotopic (exact) mass is 618 g/mol. The molecule has 1 aliphatic rings. The van der Waals surface area contributed by atoms with Gasteiger partial charge >= 0.3 is 5.97 Å². The molecule has 2 aromatic rings. The number of hydrogen-bond acceptors (Lipinski definition) is 10. The van der Waals surface area contributed by atoms with Gasteiger partial charge in [-0.1, -0.05) is 31.9 Å². The number of nitro benzene ring substituents is 2. The van der Waals surface area contributed by atoms with E-state index >= 15 is 0 Å². The van der Waals surface area contributed by atoms with E-state index in [0.717, 1.165) is 0 Å². The number of nitrogens with zero attached hydrogens (tertiary/aromatic N) is 2. The van der Waals surface area contributed by atoms with E-state index in [9.17, 15) is 29.8 Å². The molecule has 0 atom stereocenters. The van der Waals surface area contributed by atoms with Gasteiger partial charge in [0.1, 0.15) is 5.60 Å². The quantitative estimate of drug-likeness (QED) is 0.211. The lowest BCUT2D eigenvalue weighted by molar-refractivity contribution is -0.384. The fraction of sp³-hybridized carbons (Fsp3) is 0.300. The first-order chi connectivity index (χ1) is 16.2. The van der Waals surface area contributed by atoms with Gasteiger partial charge in [0.25, 0.3) is 17.3 Å². The van der Waals surface area contributed by atoms with E-state index in [1.807, 2.05) is 0 Å². The van der Waals surface area contributed by atoms with Crippen LogP contribution in [0.3, 0.4) is 0 Å². The van der Waals surface area contributed by atoms with Gasteiger partial charge in [-0.15, -0.1) is 0 Å². The van der Waals surface area contributed by atoms with Crippen molar-refractivity contribution in [3.63, 3.8) is 0 Å². The summed E-state index contributed by atoms with van der Waals surface area (Å²) in [5, 5.41) is 23.9. The largest absolute Gasteiger partial charge is 0.481 e. The molecule has 1 aliphatic heterocycles. The Morgan fingerprint density at radius 1 is 1.11 bits per heavy atom. The Balaban J connectivity index is 0.000000256. The number of nitrogen functional groups attached to an aromatic ring is 1. The number of carbonyl (C=O) groups is 2. The van der Waals surface area contributed by atoms with Gasteiger partial charge in [-0.3, -0.25) is 25.0 Å². The summed E-state index contributed by atoms with van der Waals surface area (Å²) in [7, 11) is 0. The SMILES string of the molecule is CC(C)(C)OC(=O)COc1cc(Br)cc([N+](=O)[O-])c1N.O=C1COc2cc(Br)cc([N+](=O)[O-])c2N1. The zero-order chi connectivity index (χ0) is 26.5. The maximum Gasteiger partial charge on any atom is 0.344 e. The van der Waals surface area contributed by atoms with Crippen molar-refractivity contribution < 1.29 is 33.6 Å². The van der Waals surface area contributed by atoms with Crippen LogP contribution in [0.2, 0.25) is 0 Å². The lowest BCUT2D eigenvalue weighted by atomic mass is 10.2. The number of anilines is 2. The third kappa shape index (κ3) is 8.06. The highest BCUT2D eigenvalue weighted by atomic mass is 79.9. The molecule has 0 spiro atoms. The Bertz CT molecular complexity index is 1180. The van der Waals surface area contributed by atoms with Crippen LogP contribution in [0.4, 0.5) is 22.7 Å². The summed E-state index contributed by atoms with van der Waals surface area (Å²) in [6.07, 6.45) is 0. The van der Waals surface area contributed by atoms with Crippen molar-refractivity contribution in [3.8, 4) is 11.5 Å². The first kappa shape index (κ1) is 27.8. The number of hydrogen-bond donors (Lipinski definition) is 2. The van der Waals surface area contributed by atoms with E-state index in [-0.39, 0.29) is 41.7 Å². The van der Waals surface area contributed by atoms with Gasteiger partial charge in [0.15, 0.2) is 36.1 Å². The molecule has 0 bridgehead atoms. The molecule has 0 radical (unpaired) electrons. The van der Waals surface area contributed by atoms with Crippen molar-refractivity contribution in [1.29, 1.82) is 0 Å². The standard InChI is InChI=1S/C12H15BrN2O5.C8H5BrN2O4/c1-12(2,3)20-10(16)6-19-9-5-7(13)4-8(11(9)14)15(17)18;9-4-1-5(11(13)14)8-6(2-4)15-3-7(12)10-8/h4-5H,6,14H2,1-3H3;1-2H,3H2,(H,10,12). The fourth-order valence-electron chi connectivity index (χ4n) is 2.63. The van der Waals surface area contributed by atoms with E-state index in [1.165, 1.54) is 18.2 Å². The van der Waals surface area contributed by atoms with E-state index < -0.39 is 27.3 Å². The number of amides is 1. The third-order valence-corrected chi connectivity index (χ3v) is 4.83. The summed E-state index contributed by atoms with van der Waals surface area (Å²) < 4.78 is 16.3. The van der Waals surface area contributed by atoms with Crippen LogP contribution in [0.1, 0.15) is 20.8 Å². The summed E-state index contributed by atoms with van der Waals surface area (Å²) in [5.41, 5.74) is 4.49. The minimum Gasteiger partial charge on any atom is -0.481 e. The molecule has 0 fully saturated rings. The molecular formula is C20H20Br2N4O9. The van der Waals surface area contributed by atoms with Crippen molar-refractivity contribution in [3.05, 3.63) is 53.4 Å². The molecule has 0 saturated heterocycles. The number of benzene rings is 2. The fourth-order valence-corrected chi connectivity index (χ4v) is 3.48. The lowest BCUT2D eigenvalue weighted by Gasteiger charge is -2.19. The molecule has 0 saturated carbocycles. The average Bonchev–Trinajstić information content (AvgIpc) is 2.72. The number of ether oxygens (including phenoxy) is 3. The summed E-state index contributed by atoms with van der Waals surface area (Å²) in [5.74, 6) is -0.625. The Kier molecular flexibility index (Phi) is 8.98. The molecule has 13 nitrogen and oxygen atoms in total. The molecule has 188 valence electrons. The van der Waals surface area contributed by atoms with Crippen LogP contribution in [0.15, 0.2) is 33.2 Å². The third-order valence-electron chi connectivity index (χ3n) is 3.91. The molecule has 1 heterocycles. The second-order valence-electron chi connectivity index (χ2n) is 7.86. The Morgan fingerprint density at radius 3 is 2.26 bits per heavy atom. The number of halogens is 2. The normalized spacial score (nSPS) is 12.2. The molecule has 0 aromatic heterocycles. The van der Waals surface area contributed by atoms with E-state index in [4.69, 9.17) is 19.9 Å². The number of nitrogens with two attached hydrogens (primary N) is 1. The van der Waals surface area contributed by atoms with Crippen LogP contribution in [0, 0.1) is 20.2 Å². The van der Waals surface area contributed by atoms with Gasteiger partial charge in [-0.2, -0.15) is 0 Å². The molecule has 3 N–H and O–H groups in total. The number of nitrogens with one attached hydrogen (secondary N) is 1. The summed E-state index contributed by atoms with van der Waals surface area (Å²) in [6, 6.07) is 5.60. The number of carbonyl (C=O) groups excluding carboxylic acids is 2. The first-order valence-corrected chi connectivity index (χ1v) is 11.2. The number of esters is 1. The Morgan fingerprint density at radius 2 is 1.69 bits per heavy atom. The molecule has 15 heteroatoms. The van der Waals surface area contributed by atoms with Crippen molar-refractivity contribution in [2.45, 2.75) is 26.4 Å². The minimum absolute atomic E-state index is 0.0527. The molecule has 1 amide bonds. The van der Waals surface area contributed by atoms with Gasteiger partial charge in [0.2, 0.25) is 0 Å². The topological polar surface area (TPSA) is 186 Å². The summed E-state index contributed by atoms with van der Waals surface area (Å²) in [6.45, 7) is 4.67. The van der Waals surface area contributed by atoms with Crippen LogP contribution in [-0.4, -0.2) is 40.5 Å². The predicted molar refractivity (Wildman–Crippen MR) is 131 cm³/mol. The highest BCUT2D eigenvalue weighted by Gasteiger charge is 2.26. The second kappa shape index (κ2) is 11.3. The van der Waals surface area contributed by atoms with Gasteiger partial charge in [-0.05, 0) is 32.9 Å². The summed E-state index contributed by atoms with van der Waals surface area (Å²) in [4.78, 5) is 42.9. The van der Waals surface area contributed by atoms with Gasteiger partial charge in [0, 0.05) is 21.1 Å². The van der Waals surface area contributed by atoms with Gasteiger partial charge in [-0.25, -0.2) is 4.79 Å². The maximum absolute atomic E-state index is 11.5. The second-order valence-corrected chi connectivity index (χ2v) is 9.69. The van der Waals surface area contributed by atoms with Crippen molar-refractivity contribution >= 4 is 66.5 Å². The first-order valence-electron chi connectivity index (χ1n) is 9.66. The Hall–Kier alpha value is -3.46. The highest BCUT2D eigenvalue weighted by molar-refractivity contribution is 9.10. The van der Waals surface area contributed by atoms with Crippen LogP contribution in [0.5, 0.6) is 11.5 Å². The van der Waals surface area contributed by atoms with Crippen LogP contribution in [0.25, 0.3) is 0 Å². The predicted octanol–water partition coefficient (Wildman–Crippen LogP) is 4.35. The molecule has 3 rings (SSSR count). The average molecular weight is 620 g/mol. The Labute approximate surface area is 215 Å². The van der Waals surface area contributed by atoms with E-state index in [2.05, 4.69) is 37.2 Å². The summed E-state index contributed by atoms with van der Waals surface area (Å²) >= 11 is 6.24. The molecule has 35 heavy (non-hydrogen) atoms. The zero-order valence-corrected chi connectivity index (χ0v) is 21.8.